The van der Waals surface area contributed by atoms with Crippen LogP contribution in [0.5, 0.6) is 5.88 Å². The second-order valence-corrected chi connectivity index (χ2v) is 4.84. The fraction of sp³-hybridized carbons (Fsp3) is 0.667. The van der Waals surface area contributed by atoms with Gasteiger partial charge in [-0.15, -0.1) is 0 Å². The van der Waals surface area contributed by atoms with E-state index in [1.807, 2.05) is 0 Å². The third kappa shape index (κ3) is 2.43. The Bertz CT molecular complexity index is 386. The molecule has 1 aromatic heterocycles. The van der Waals surface area contributed by atoms with Crippen LogP contribution in [0.1, 0.15) is 43.8 Å². The summed E-state index contributed by atoms with van der Waals surface area (Å²) in [5.41, 5.74) is 5.74. The van der Waals surface area contributed by atoms with Crippen molar-refractivity contribution in [1.82, 2.24) is 9.97 Å². The number of hydrogen-bond donors (Lipinski definition) is 1. The lowest BCUT2D eigenvalue weighted by Gasteiger charge is -2.06. The Morgan fingerprint density at radius 3 is 2.75 bits per heavy atom. The smallest absolute Gasteiger partial charge is 0.218 e. The number of nitrogens with zero attached hydrogens (tertiary/aromatic N) is 2. The van der Waals surface area contributed by atoms with Crippen molar-refractivity contribution < 1.29 is 4.74 Å². The average Bonchev–Trinajstić information content (AvgIpc) is 3.12. The van der Waals surface area contributed by atoms with E-state index in [1.165, 1.54) is 25.7 Å². The molecular formula is C12H17N3O. The first-order valence-corrected chi connectivity index (χ1v) is 6.08. The Hall–Kier alpha value is -1.32. The Morgan fingerprint density at radius 2 is 2.06 bits per heavy atom. The lowest BCUT2D eigenvalue weighted by molar-refractivity contribution is 0.290. The Balaban J connectivity index is 1.62. The number of ether oxygens (including phenoxy) is 1. The highest BCUT2D eigenvalue weighted by Gasteiger charge is 2.27. The first kappa shape index (κ1) is 9.87. The van der Waals surface area contributed by atoms with E-state index < -0.39 is 0 Å². The third-order valence-corrected chi connectivity index (χ3v) is 3.16. The predicted octanol–water partition coefficient (Wildman–Crippen LogP) is 2.12. The molecule has 4 nitrogen and oxygen atoms in total. The van der Waals surface area contributed by atoms with Crippen molar-refractivity contribution in [2.75, 3.05) is 12.3 Å². The van der Waals surface area contributed by atoms with Crippen LogP contribution in [0.4, 0.5) is 5.82 Å². The highest BCUT2D eigenvalue weighted by molar-refractivity contribution is 5.34. The maximum atomic E-state index is 5.74. The molecule has 0 aromatic carbocycles. The van der Waals surface area contributed by atoms with Crippen molar-refractivity contribution in [2.24, 2.45) is 5.92 Å². The van der Waals surface area contributed by atoms with Crippen LogP contribution in [-0.4, -0.2) is 16.6 Å². The van der Waals surface area contributed by atoms with E-state index in [4.69, 9.17) is 10.5 Å². The summed E-state index contributed by atoms with van der Waals surface area (Å²) >= 11 is 0. The van der Waals surface area contributed by atoms with Gasteiger partial charge in [-0.2, -0.15) is 4.98 Å². The second-order valence-electron chi connectivity index (χ2n) is 4.84. The van der Waals surface area contributed by atoms with Crippen LogP contribution in [0.2, 0.25) is 0 Å². The van der Waals surface area contributed by atoms with E-state index in [0.29, 0.717) is 17.6 Å². The van der Waals surface area contributed by atoms with E-state index >= 15 is 0 Å². The molecule has 2 aliphatic rings. The first-order valence-electron chi connectivity index (χ1n) is 6.08. The molecule has 1 aromatic rings. The van der Waals surface area contributed by atoms with Gasteiger partial charge in [0.15, 0.2) is 0 Å². The van der Waals surface area contributed by atoms with E-state index in [-0.39, 0.29) is 0 Å². The van der Waals surface area contributed by atoms with Gasteiger partial charge in [0.2, 0.25) is 5.88 Å². The van der Waals surface area contributed by atoms with E-state index in [9.17, 15) is 0 Å². The molecule has 0 atom stereocenters. The zero-order valence-electron chi connectivity index (χ0n) is 9.35. The maximum Gasteiger partial charge on any atom is 0.218 e. The van der Waals surface area contributed by atoms with Crippen molar-refractivity contribution in [3.63, 3.8) is 0 Å². The van der Waals surface area contributed by atoms with Gasteiger partial charge in [0.1, 0.15) is 11.6 Å². The van der Waals surface area contributed by atoms with E-state index in [0.717, 1.165) is 24.8 Å². The molecule has 1 heterocycles. The largest absolute Gasteiger partial charge is 0.478 e. The minimum Gasteiger partial charge on any atom is -0.478 e. The average molecular weight is 219 g/mol. The minimum absolute atomic E-state index is 0.522. The molecule has 16 heavy (non-hydrogen) atoms. The summed E-state index contributed by atoms with van der Waals surface area (Å²) in [6.45, 7) is 0.755. The molecule has 2 aliphatic carbocycles. The zero-order valence-corrected chi connectivity index (χ0v) is 9.35. The lowest BCUT2D eigenvalue weighted by atomic mass is 10.3. The molecule has 3 rings (SSSR count). The van der Waals surface area contributed by atoms with Crippen molar-refractivity contribution in [1.29, 1.82) is 0 Å². The van der Waals surface area contributed by atoms with Crippen molar-refractivity contribution in [2.45, 2.75) is 38.0 Å². The van der Waals surface area contributed by atoms with Gasteiger partial charge in [0.25, 0.3) is 0 Å². The van der Waals surface area contributed by atoms with Gasteiger partial charge in [-0.1, -0.05) is 12.8 Å². The fourth-order valence-electron chi connectivity index (χ4n) is 1.80. The molecule has 4 heteroatoms. The molecular weight excluding hydrogens is 202 g/mol. The quantitative estimate of drug-likeness (QED) is 0.824. The van der Waals surface area contributed by atoms with Crippen LogP contribution in [0, 0.1) is 5.92 Å². The SMILES string of the molecule is Nc1cc(OCCC2CC2)nc(C2CC2)n1. The summed E-state index contributed by atoms with van der Waals surface area (Å²) in [7, 11) is 0. The Morgan fingerprint density at radius 1 is 1.25 bits per heavy atom. The van der Waals surface area contributed by atoms with Crippen LogP contribution < -0.4 is 10.5 Å². The molecule has 0 bridgehead atoms. The number of aromatic nitrogens is 2. The van der Waals surface area contributed by atoms with Crippen molar-refractivity contribution in [3.05, 3.63) is 11.9 Å². The Kier molecular flexibility index (Phi) is 2.42. The summed E-state index contributed by atoms with van der Waals surface area (Å²) in [5.74, 6) is 3.45. The standard InChI is InChI=1S/C12H17N3O/c13-10-7-11(16-6-5-8-1-2-8)15-12(14-10)9-3-4-9/h7-9H,1-6H2,(H2,13,14,15). The van der Waals surface area contributed by atoms with Gasteiger partial charge < -0.3 is 10.5 Å². The number of anilines is 1. The van der Waals surface area contributed by atoms with Gasteiger partial charge in [0.05, 0.1) is 6.61 Å². The van der Waals surface area contributed by atoms with Gasteiger partial charge in [-0.3, -0.25) is 0 Å². The molecule has 0 unspecified atom stereocenters. The second kappa shape index (κ2) is 3.92. The molecule has 0 saturated heterocycles. The van der Waals surface area contributed by atoms with Crippen molar-refractivity contribution >= 4 is 5.82 Å². The number of hydrogen-bond acceptors (Lipinski definition) is 4. The number of nitrogens with two attached hydrogens (primary N) is 1. The Labute approximate surface area is 95.2 Å². The number of nitrogen functional groups attached to an aromatic ring is 1. The normalized spacial score (nSPS) is 19.8. The van der Waals surface area contributed by atoms with Crippen LogP contribution >= 0.6 is 0 Å². The molecule has 2 N–H and O–H groups in total. The van der Waals surface area contributed by atoms with E-state index in [2.05, 4.69) is 9.97 Å². The summed E-state index contributed by atoms with van der Waals surface area (Å²) in [4.78, 5) is 8.64. The van der Waals surface area contributed by atoms with Gasteiger partial charge in [-0.25, -0.2) is 4.98 Å². The topological polar surface area (TPSA) is 61.0 Å². The van der Waals surface area contributed by atoms with Crippen LogP contribution in [0.15, 0.2) is 6.07 Å². The van der Waals surface area contributed by atoms with Gasteiger partial charge in [0, 0.05) is 12.0 Å². The number of rotatable bonds is 5. The van der Waals surface area contributed by atoms with Crippen molar-refractivity contribution in [3.8, 4) is 5.88 Å². The van der Waals surface area contributed by atoms with E-state index in [1.54, 1.807) is 6.07 Å². The predicted molar refractivity (Wildman–Crippen MR) is 61.3 cm³/mol. The zero-order chi connectivity index (χ0) is 11.0. The highest BCUT2D eigenvalue weighted by Crippen LogP contribution is 2.39. The summed E-state index contributed by atoms with van der Waals surface area (Å²) in [5, 5.41) is 0. The third-order valence-electron chi connectivity index (χ3n) is 3.16. The van der Waals surface area contributed by atoms with Crippen LogP contribution in [-0.2, 0) is 0 Å². The molecule has 2 saturated carbocycles. The molecule has 0 radical (unpaired) electrons. The summed E-state index contributed by atoms with van der Waals surface area (Å²) < 4.78 is 5.63. The fourth-order valence-corrected chi connectivity index (χ4v) is 1.80. The monoisotopic (exact) mass is 219 g/mol. The molecule has 2 fully saturated rings. The van der Waals surface area contributed by atoms with Gasteiger partial charge >= 0.3 is 0 Å². The first-order chi connectivity index (χ1) is 7.81. The summed E-state index contributed by atoms with van der Waals surface area (Å²) in [6, 6.07) is 1.72. The molecule has 0 aliphatic heterocycles. The van der Waals surface area contributed by atoms with Gasteiger partial charge in [-0.05, 0) is 25.2 Å². The summed E-state index contributed by atoms with van der Waals surface area (Å²) in [6.07, 6.45) is 6.24. The molecule has 86 valence electrons. The molecule has 0 amide bonds. The lowest BCUT2D eigenvalue weighted by Crippen LogP contribution is -2.04. The van der Waals surface area contributed by atoms with Crippen LogP contribution in [0.3, 0.4) is 0 Å². The maximum absolute atomic E-state index is 5.74. The minimum atomic E-state index is 0.522. The highest BCUT2D eigenvalue weighted by atomic mass is 16.5. The molecule has 0 spiro atoms. The van der Waals surface area contributed by atoms with Crippen LogP contribution in [0.25, 0.3) is 0 Å².